The Labute approximate surface area is 86.7 Å². The van der Waals surface area contributed by atoms with E-state index >= 15 is 0 Å². The second kappa shape index (κ2) is 4.09. The third-order valence-corrected chi connectivity index (χ3v) is 2.20. The van der Waals surface area contributed by atoms with Crippen LogP contribution in [0.5, 0.6) is 0 Å². The SMILES string of the molecule is O/C=C\C(F)c1ccc2ncccc2c1. The molecule has 0 saturated heterocycles. The van der Waals surface area contributed by atoms with E-state index in [4.69, 9.17) is 5.11 Å². The Balaban J connectivity index is 2.46. The number of rotatable bonds is 2. The number of benzene rings is 1. The van der Waals surface area contributed by atoms with Crippen LogP contribution in [0.4, 0.5) is 4.39 Å². The average Bonchev–Trinajstić information content (AvgIpc) is 2.29. The molecule has 0 aliphatic rings. The predicted octanol–water partition coefficient (Wildman–Crippen LogP) is 3.32. The molecule has 1 aromatic carbocycles. The van der Waals surface area contributed by atoms with Gasteiger partial charge in [-0.2, -0.15) is 0 Å². The van der Waals surface area contributed by atoms with Crippen molar-refractivity contribution >= 4 is 10.9 Å². The molecule has 0 aliphatic heterocycles. The first-order valence-electron chi connectivity index (χ1n) is 4.61. The summed E-state index contributed by atoms with van der Waals surface area (Å²) < 4.78 is 13.4. The number of fused-ring (bicyclic) bond motifs is 1. The summed E-state index contributed by atoms with van der Waals surface area (Å²) >= 11 is 0. The summed E-state index contributed by atoms with van der Waals surface area (Å²) in [6.07, 6.45) is 2.23. The van der Waals surface area contributed by atoms with Crippen LogP contribution >= 0.6 is 0 Å². The van der Waals surface area contributed by atoms with Crippen molar-refractivity contribution in [2.75, 3.05) is 0 Å². The highest BCUT2D eigenvalue weighted by molar-refractivity contribution is 5.79. The van der Waals surface area contributed by atoms with Gasteiger partial charge < -0.3 is 5.11 Å². The lowest BCUT2D eigenvalue weighted by molar-refractivity contribution is 0.396. The molecule has 1 unspecified atom stereocenters. The lowest BCUT2D eigenvalue weighted by Gasteiger charge is -2.04. The van der Waals surface area contributed by atoms with Crippen molar-refractivity contribution in [1.82, 2.24) is 4.98 Å². The van der Waals surface area contributed by atoms with Crippen LogP contribution in [0.1, 0.15) is 11.7 Å². The zero-order valence-corrected chi connectivity index (χ0v) is 7.97. The molecule has 0 bridgehead atoms. The van der Waals surface area contributed by atoms with Crippen LogP contribution in [0.15, 0.2) is 48.9 Å². The fourth-order valence-corrected chi connectivity index (χ4v) is 1.45. The number of aliphatic hydroxyl groups is 1. The monoisotopic (exact) mass is 203 g/mol. The molecule has 0 fully saturated rings. The predicted molar refractivity (Wildman–Crippen MR) is 57.4 cm³/mol. The first-order chi connectivity index (χ1) is 7.31. The van der Waals surface area contributed by atoms with Gasteiger partial charge in [-0.05, 0) is 29.8 Å². The maximum Gasteiger partial charge on any atom is 0.147 e. The third kappa shape index (κ3) is 1.96. The summed E-state index contributed by atoms with van der Waals surface area (Å²) in [5.41, 5.74) is 1.35. The van der Waals surface area contributed by atoms with Crippen molar-refractivity contribution in [1.29, 1.82) is 0 Å². The fraction of sp³-hybridized carbons (Fsp3) is 0.0833. The highest BCUT2D eigenvalue weighted by Crippen LogP contribution is 2.22. The standard InChI is InChI=1S/C12H10FNO/c13-11(5-7-15)9-3-4-12-10(8-9)2-1-6-14-12/h1-8,11,15H/b7-5-. The molecule has 15 heavy (non-hydrogen) atoms. The van der Waals surface area contributed by atoms with Crippen molar-refractivity contribution in [2.24, 2.45) is 0 Å². The van der Waals surface area contributed by atoms with Crippen LogP contribution in [-0.4, -0.2) is 10.1 Å². The summed E-state index contributed by atoms with van der Waals surface area (Å²) in [4.78, 5) is 4.14. The Morgan fingerprint density at radius 1 is 1.33 bits per heavy atom. The van der Waals surface area contributed by atoms with Crippen LogP contribution < -0.4 is 0 Å². The van der Waals surface area contributed by atoms with E-state index in [1.54, 1.807) is 30.5 Å². The van der Waals surface area contributed by atoms with Gasteiger partial charge in [0.15, 0.2) is 0 Å². The molecular weight excluding hydrogens is 193 g/mol. The van der Waals surface area contributed by atoms with E-state index < -0.39 is 6.17 Å². The van der Waals surface area contributed by atoms with Crippen LogP contribution in [0.25, 0.3) is 10.9 Å². The number of allylic oxidation sites excluding steroid dienone is 1. The van der Waals surface area contributed by atoms with Crippen molar-refractivity contribution < 1.29 is 9.50 Å². The minimum atomic E-state index is -1.28. The van der Waals surface area contributed by atoms with Crippen LogP contribution in [0.2, 0.25) is 0 Å². The van der Waals surface area contributed by atoms with Gasteiger partial charge in [-0.1, -0.05) is 12.1 Å². The molecule has 1 aromatic heterocycles. The molecule has 1 atom stereocenters. The second-order valence-electron chi connectivity index (χ2n) is 3.20. The Hall–Kier alpha value is -1.90. The van der Waals surface area contributed by atoms with Gasteiger partial charge in [-0.3, -0.25) is 4.98 Å². The Morgan fingerprint density at radius 3 is 3.00 bits per heavy atom. The molecule has 0 aliphatic carbocycles. The molecule has 0 spiro atoms. The normalized spacial score (nSPS) is 13.4. The summed E-state index contributed by atoms with van der Waals surface area (Å²) in [5, 5.41) is 9.37. The van der Waals surface area contributed by atoms with E-state index in [-0.39, 0.29) is 0 Å². The Morgan fingerprint density at radius 2 is 2.20 bits per heavy atom. The van der Waals surface area contributed by atoms with Gasteiger partial charge in [0.2, 0.25) is 0 Å². The minimum Gasteiger partial charge on any atom is -0.516 e. The number of halogens is 1. The topological polar surface area (TPSA) is 33.1 Å². The van der Waals surface area contributed by atoms with Crippen LogP contribution in [0.3, 0.4) is 0 Å². The third-order valence-electron chi connectivity index (χ3n) is 2.20. The van der Waals surface area contributed by atoms with Gasteiger partial charge in [0.1, 0.15) is 6.17 Å². The van der Waals surface area contributed by atoms with Gasteiger partial charge in [0.25, 0.3) is 0 Å². The van der Waals surface area contributed by atoms with E-state index in [9.17, 15) is 4.39 Å². The number of alkyl halides is 1. The summed E-state index contributed by atoms with van der Waals surface area (Å²) in [6.45, 7) is 0. The molecule has 1 heterocycles. The second-order valence-corrected chi connectivity index (χ2v) is 3.20. The molecule has 0 radical (unpaired) electrons. The Bertz CT molecular complexity index is 496. The van der Waals surface area contributed by atoms with Gasteiger partial charge in [-0.25, -0.2) is 4.39 Å². The van der Waals surface area contributed by atoms with E-state index in [1.807, 2.05) is 6.07 Å². The number of aromatic nitrogens is 1. The highest BCUT2D eigenvalue weighted by atomic mass is 19.1. The van der Waals surface area contributed by atoms with E-state index in [0.29, 0.717) is 5.56 Å². The number of pyridine rings is 1. The smallest absolute Gasteiger partial charge is 0.147 e. The van der Waals surface area contributed by atoms with Crippen LogP contribution in [0, 0.1) is 0 Å². The van der Waals surface area contributed by atoms with Crippen LogP contribution in [-0.2, 0) is 0 Å². The highest BCUT2D eigenvalue weighted by Gasteiger charge is 2.06. The van der Waals surface area contributed by atoms with Crippen molar-refractivity contribution in [3.63, 3.8) is 0 Å². The van der Waals surface area contributed by atoms with Gasteiger partial charge >= 0.3 is 0 Å². The quantitative estimate of drug-likeness (QED) is 0.759. The molecule has 2 aromatic rings. The maximum absolute atomic E-state index is 13.4. The van der Waals surface area contributed by atoms with Gasteiger partial charge in [0.05, 0.1) is 11.8 Å². The number of aliphatic hydroxyl groups excluding tert-OH is 1. The molecule has 0 saturated carbocycles. The van der Waals surface area contributed by atoms with E-state index in [1.165, 1.54) is 0 Å². The average molecular weight is 203 g/mol. The summed E-state index contributed by atoms with van der Waals surface area (Å²) in [7, 11) is 0. The Kier molecular flexibility index (Phi) is 2.63. The van der Waals surface area contributed by atoms with Gasteiger partial charge in [-0.15, -0.1) is 0 Å². The molecular formula is C12H10FNO. The first kappa shape index (κ1) is 9.65. The molecule has 2 rings (SSSR count). The number of nitrogens with zero attached hydrogens (tertiary/aromatic N) is 1. The van der Waals surface area contributed by atoms with Crippen molar-refractivity contribution in [3.8, 4) is 0 Å². The molecule has 76 valence electrons. The lowest BCUT2D eigenvalue weighted by Crippen LogP contribution is -1.88. The van der Waals surface area contributed by atoms with Crippen molar-refractivity contribution in [3.05, 3.63) is 54.4 Å². The zero-order valence-electron chi connectivity index (χ0n) is 7.97. The molecule has 3 heteroatoms. The molecule has 2 nitrogen and oxygen atoms in total. The zero-order chi connectivity index (χ0) is 10.7. The molecule has 1 N–H and O–H groups in total. The minimum absolute atomic E-state index is 0.515. The lowest BCUT2D eigenvalue weighted by atomic mass is 10.1. The molecule has 0 amide bonds. The number of hydrogen-bond acceptors (Lipinski definition) is 2. The maximum atomic E-state index is 13.4. The van der Waals surface area contributed by atoms with Gasteiger partial charge in [0, 0.05) is 11.6 Å². The fourth-order valence-electron chi connectivity index (χ4n) is 1.45. The summed E-state index contributed by atoms with van der Waals surface area (Å²) in [5.74, 6) is 0. The first-order valence-corrected chi connectivity index (χ1v) is 4.61. The van der Waals surface area contributed by atoms with Crippen molar-refractivity contribution in [2.45, 2.75) is 6.17 Å². The number of hydrogen-bond donors (Lipinski definition) is 1. The van der Waals surface area contributed by atoms with E-state index in [0.717, 1.165) is 23.2 Å². The largest absolute Gasteiger partial charge is 0.516 e. The van der Waals surface area contributed by atoms with E-state index in [2.05, 4.69) is 4.98 Å². The summed E-state index contributed by atoms with van der Waals surface area (Å²) in [6, 6.07) is 8.85.